The zero-order valence-corrected chi connectivity index (χ0v) is 11.0. The van der Waals surface area contributed by atoms with Crippen LogP contribution in [-0.4, -0.2) is 4.98 Å². The van der Waals surface area contributed by atoms with Crippen LogP contribution in [0.3, 0.4) is 0 Å². The monoisotopic (exact) mass is 242 g/mol. The lowest BCUT2D eigenvalue weighted by atomic mass is 10.1. The number of rotatable bonds is 3. The van der Waals surface area contributed by atoms with Gasteiger partial charge >= 0.3 is 0 Å². The average Bonchev–Trinajstić information content (AvgIpc) is 2.34. The molecule has 0 radical (unpaired) electrons. The summed E-state index contributed by atoms with van der Waals surface area (Å²) in [6.45, 7) is 6.00. The van der Waals surface area contributed by atoms with Gasteiger partial charge in [-0.05, 0) is 49.6 Å². The van der Waals surface area contributed by atoms with Gasteiger partial charge in [-0.1, -0.05) is 12.1 Å². The molecule has 3 heteroatoms. The molecular formula is C15H18N2O. The predicted molar refractivity (Wildman–Crippen MR) is 72.8 cm³/mol. The van der Waals surface area contributed by atoms with E-state index >= 15 is 0 Å². The molecule has 0 amide bonds. The third-order valence-corrected chi connectivity index (χ3v) is 2.84. The summed E-state index contributed by atoms with van der Waals surface area (Å²) >= 11 is 0. The van der Waals surface area contributed by atoms with Crippen molar-refractivity contribution in [3.8, 4) is 11.6 Å². The molecule has 0 aliphatic carbocycles. The van der Waals surface area contributed by atoms with Gasteiger partial charge in [0.25, 0.3) is 0 Å². The van der Waals surface area contributed by atoms with Crippen LogP contribution in [0.1, 0.15) is 29.7 Å². The highest BCUT2D eigenvalue weighted by atomic mass is 16.5. The second-order valence-electron chi connectivity index (χ2n) is 4.59. The predicted octanol–water partition coefficient (Wildman–Crippen LogP) is 3.51. The van der Waals surface area contributed by atoms with Gasteiger partial charge in [0, 0.05) is 18.3 Å². The number of aryl methyl sites for hydroxylation is 2. The van der Waals surface area contributed by atoms with E-state index in [4.69, 9.17) is 10.5 Å². The largest absolute Gasteiger partial charge is 0.439 e. The van der Waals surface area contributed by atoms with E-state index in [0.29, 0.717) is 5.88 Å². The number of benzene rings is 1. The van der Waals surface area contributed by atoms with Crippen LogP contribution in [0, 0.1) is 13.8 Å². The summed E-state index contributed by atoms with van der Waals surface area (Å²) < 4.78 is 5.81. The third-order valence-electron chi connectivity index (χ3n) is 2.84. The molecule has 0 aliphatic heterocycles. The molecule has 94 valence electrons. The first-order valence-corrected chi connectivity index (χ1v) is 6.03. The van der Waals surface area contributed by atoms with Crippen LogP contribution < -0.4 is 10.5 Å². The number of nitrogens with zero attached hydrogens (tertiary/aromatic N) is 1. The number of aromatic nitrogens is 1. The Morgan fingerprint density at radius 1 is 1.17 bits per heavy atom. The molecule has 1 atom stereocenters. The van der Waals surface area contributed by atoms with Crippen molar-refractivity contribution in [2.75, 3.05) is 0 Å². The average molecular weight is 242 g/mol. The lowest BCUT2D eigenvalue weighted by Crippen LogP contribution is -2.05. The van der Waals surface area contributed by atoms with E-state index in [1.54, 1.807) is 6.20 Å². The molecule has 1 unspecified atom stereocenters. The highest BCUT2D eigenvalue weighted by molar-refractivity contribution is 5.38. The fraction of sp³-hybridized carbons (Fsp3) is 0.267. The van der Waals surface area contributed by atoms with Gasteiger partial charge in [-0.15, -0.1) is 0 Å². The zero-order chi connectivity index (χ0) is 13.1. The number of hydrogen-bond donors (Lipinski definition) is 1. The quantitative estimate of drug-likeness (QED) is 0.896. The van der Waals surface area contributed by atoms with Gasteiger partial charge < -0.3 is 10.5 Å². The smallest absolute Gasteiger partial charge is 0.219 e. The first-order chi connectivity index (χ1) is 8.56. The van der Waals surface area contributed by atoms with E-state index in [2.05, 4.69) is 11.1 Å². The molecule has 0 spiro atoms. The van der Waals surface area contributed by atoms with Crippen LogP contribution in [-0.2, 0) is 0 Å². The molecule has 0 fully saturated rings. The maximum absolute atomic E-state index is 5.85. The molecule has 18 heavy (non-hydrogen) atoms. The van der Waals surface area contributed by atoms with Gasteiger partial charge in [0.2, 0.25) is 5.88 Å². The first kappa shape index (κ1) is 12.6. The molecule has 1 heterocycles. The lowest BCUT2D eigenvalue weighted by Gasteiger charge is -2.11. The van der Waals surface area contributed by atoms with Crippen LogP contribution >= 0.6 is 0 Å². The molecule has 0 aliphatic rings. The minimum atomic E-state index is -0.0195. The van der Waals surface area contributed by atoms with E-state index in [9.17, 15) is 0 Å². The second-order valence-corrected chi connectivity index (χ2v) is 4.59. The second kappa shape index (κ2) is 5.19. The minimum absolute atomic E-state index is 0.0195. The number of pyridine rings is 1. The molecule has 2 N–H and O–H groups in total. The maximum atomic E-state index is 5.85. The standard InChI is InChI=1S/C15H18N2O/c1-10-4-5-11(2)14(8-10)18-15-9-13(12(3)16)6-7-17-15/h4-9,12H,16H2,1-3H3. The maximum Gasteiger partial charge on any atom is 0.219 e. The molecule has 2 rings (SSSR count). The fourth-order valence-electron chi connectivity index (χ4n) is 1.69. The third kappa shape index (κ3) is 2.87. The Kier molecular flexibility index (Phi) is 3.63. The van der Waals surface area contributed by atoms with Gasteiger partial charge in [0.05, 0.1) is 0 Å². The molecule has 0 saturated heterocycles. The van der Waals surface area contributed by atoms with Crippen molar-refractivity contribution in [1.82, 2.24) is 4.98 Å². The van der Waals surface area contributed by atoms with Crippen molar-refractivity contribution < 1.29 is 4.74 Å². The summed E-state index contributed by atoms with van der Waals surface area (Å²) in [7, 11) is 0. The molecule has 3 nitrogen and oxygen atoms in total. The van der Waals surface area contributed by atoms with Crippen molar-refractivity contribution in [3.63, 3.8) is 0 Å². The van der Waals surface area contributed by atoms with E-state index in [0.717, 1.165) is 16.9 Å². The first-order valence-electron chi connectivity index (χ1n) is 6.03. The molecular weight excluding hydrogens is 224 g/mol. The van der Waals surface area contributed by atoms with Gasteiger partial charge in [0.1, 0.15) is 5.75 Å². The Balaban J connectivity index is 2.28. The van der Waals surface area contributed by atoms with Crippen LogP contribution in [0.4, 0.5) is 0 Å². The van der Waals surface area contributed by atoms with E-state index in [-0.39, 0.29) is 6.04 Å². The number of ether oxygens (including phenoxy) is 1. The van der Waals surface area contributed by atoms with Gasteiger partial charge in [-0.2, -0.15) is 0 Å². The normalized spacial score (nSPS) is 12.2. The van der Waals surface area contributed by atoms with Crippen molar-refractivity contribution in [1.29, 1.82) is 0 Å². The fourth-order valence-corrected chi connectivity index (χ4v) is 1.69. The lowest BCUT2D eigenvalue weighted by molar-refractivity contribution is 0.458. The summed E-state index contributed by atoms with van der Waals surface area (Å²) in [6, 6.07) is 9.88. The Labute approximate surface area is 108 Å². The van der Waals surface area contributed by atoms with E-state index in [1.807, 2.05) is 45.0 Å². The summed E-state index contributed by atoms with van der Waals surface area (Å²) in [6.07, 6.45) is 1.72. The summed E-state index contributed by atoms with van der Waals surface area (Å²) in [5.41, 5.74) is 9.12. The van der Waals surface area contributed by atoms with Gasteiger partial charge in [-0.25, -0.2) is 4.98 Å². The molecule has 2 aromatic rings. The molecule has 1 aromatic heterocycles. The summed E-state index contributed by atoms with van der Waals surface area (Å²) in [4.78, 5) is 4.21. The van der Waals surface area contributed by atoms with Gasteiger partial charge in [-0.3, -0.25) is 0 Å². The van der Waals surface area contributed by atoms with Crippen molar-refractivity contribution >= 4 is 0 Å². The Morgan fingerprint density at radius 3 is 2.67 bits per heavy atom. The zero-order valence-electron chi connectivity index (χ0n) is 11.0. The molecule has 0 saturated carbocycles. The van der Waals surface area contributed by atoms with E-state index < -0.39 is 0 Å². The van der Waals surface area contributed by atoms with Crippen LogP contribution in [0.25, 0.3) is 0 Å². The number of nitrogens with two attached hydrogens (primary N) is 1. The van der Waals surface area contributed by atoms with Crippen LogP contribution in [0.5, 0.6) is 11.6 Å². The summed E-state index contributed by atoms with van der Waals surface area (Å²) in [5.74, 6) is 1.42. The molecule has 1 aromatic carbocycles. The van der Waals surface area contributed by atoms with Crippen molar-refractivity contribution in [3.05, 3.63) is 53.2 Å². The topological polar surface area (TPSA) is 48.1 Å². The Hall–Kier alpha value is -1.87. The SMILES string of the molecule is Cc1ccc(C)c(Oc2cc(C(C)N)ccn2)c1. The molecule has 0 bridgehead atoms. The highest BCUT2D eigenvalue weighted by Gasteiger charge is 2.05. The van der Waals surface area contributed by atoms with Gasteiger partial charge in [0.15, 0.2) is 0 Å². The van der Waals surface area contributed by atoms with Crippen molar-refractivity contribution in [2.24, 2.45) is 5.73 Å². The highest BCUT2D eigenvalue weighted by Crippen LogP contribution is 2.25. The van der Waals surface area contributed by atoms with Crippen LogP contribution in [0.15, 0.2) is 36.5 Å². The van der Waals surface area contributed by atoms with E-state index in [1.165, 1.54) is 5.56 Å². The Morgan fingerprint density at radius 2 is 1.94 bits per heavy atom. The minimum Gasteiger partial charge on any atom is -0.439 e. The van der Waals surface area contributed by atoms with Crippen molar-refractivity contribution in [2.45, 2.75) is 26.8 Å². The number of hydrogen-bond acceptors (Lipinski definition) is 3. The Bertz CT molecular complexity index is 550. The summed E-state index contributed by atoms with van der Waals surface area (Å²) in [5, 5.41) is 0. The van der Waals surface area contributed by atoms with Crippen LogP contribution in [0.2, 0.25) is 0 Å².